The number of hydrogen-bond donors (Lipinski definition) is 3. The van der Waals surface area contributed by atoms with Crippen molar-refractivity contribution in [2.75, 3.05) is 39.6 Å². The molecule has 0 saturated heterocycles. The predicted octanol–water partition coefficient (Wildman–Crippen LogP) is 20.9. The summed E-state index contributed by atoms with van der Waals surface area (Å²) in [7, 11) is -9.91. The molecular weight excluding hydrogens is 1210 g/mol. The van der Waals surface area contributed by atoms with E-state index in [0.29, 0.717) is 31.6 Å². The molecular formula is C73H142O17P2. The van der Waals surface area contributed by atoms with Crippen LogP contribution < -0.4 is 0 Å². The first-order chi connectivity index (χ1) is 44.1. The molecule has 0 rings (SSSR count). The fraction of sp³-hybridized carbons (Fsp3) is 0.945. The Labute approximate surface area is 562 Å². The molecule has 0 radical (unpaired) electrons. The number of unbranched alkanes of at least 4 members (excludes halogenated alkanes) is 35. The van der Waals surface area contributed by atoms with E-state index in [9.17, 15) is 43.2 Å². The zero-order valence-corrected chi connectivity index (χ0v) is 62.0. The van der Waals surface area contributed by atoms with Gasteiger partial charge in [0, 0.05) is 25.7 Å². The molecule has 0 saturated carbocycles. The highest BCUT2D eigenvalue weighted by Crippen LogP contribution is 2.45. The first-order valence-electron chi connectivity index (χ1n) is 37.7. The molecule has 19 heteroatoms. The van der Waals surface area contributed by atoms with E-state index in [-0.39, 0.29) is 25.7 Å². The van der Waals surface area contributed by atoms with E-state index in [1.54, 1.807) is 0 Å². The number of aliphatic hydroxyl groups is 1. The summed E-state index contributed by atoms with van der Waals surface area (Å²) in [5, 5.41) is 10.6. The van der Waals surface area contributed by atoms with Gasteiger partial charge in [0.05, 0.1) is 26.4 Å². The summed E-state index contributed by atoms with van der Waals surface area (Å²) >= 11 is 0. The average Bonchev–Trinajstić information content (AvgIpc) is 1.97. The second-order valence-electron chi connectivity index (χ2n) is 28.0. The SMILES string of the molecule is CCC(C)CCCCCCCCCCCCCCCCC(=O)O[C@H](COC(=O)CCCCCCCCCCCCCC(C)C)COP(=O)(O)OCC(O)COP(=O)(O)OC[C@@H](COC(=O)CCCCCCCCCCC(C)C)OC(=O)CCCCCCCCC(C)C. The molecule has 0 heterocycles. The Morgan fingerprint density at radius 3 is 0.772 bits per heavy atom. The fourth-order valence-corrected chi connectivity index (χ4v) is 12.6. The summed E-state index contributed by atoms with van der Waals surface area (Å²) in [6.45, 7) is 14.1. The highest BCUT2D eigenvalue weighted by molar-refractivity contribution is 7.47. The van der Waals surface area contributed by atoms with Crippen molar-refractivity contribution in [3.05, 3.63) is 0 Å². The van der Waals surface area contributed by atoms with Crippen molar-refractivity contribution >= 4 is 39.5 Å². The molecule has 0 aromatic rings. The van der Waals surface area contributed by atoms with Gasteiger partial charge in [-0.2, -0.15) is 0 Å². The predicted molar refractivity (Wildman–Crippen MR) is 372 cm³/mol. The third-order valence-corrected chi connectivity index (χ3v) is 19.1. The molecule has 0 aliphatic rings. The molecule has 0 fully saturated rings. The minimum absolute atomic E-state index is 0.101. The van der Waals surface area contributed by atoms with Gasteiger partial charge in [0.1, 0.15) is 19.3 Å². The molecule has 0 aromatic carbocycles. The highest BCUT2D eigenvalue weighted by Gasteiger charge is 2.30. The monoisotopic (exact) mass is 1350 g/mol. The van der Waals surface area contributed by atoms with E-state index in [0.717, 1.165) is 108 Å². The van der Waals surface area contributed by atoms with Gasteiger partial charge in [-0.25, -0.2) is 9.13 Å². The lowest BCUT2D eigenvalue weighted by Gasteiger charge is -2.21. The lowest BCUT2D eigenvalue weighted by atomic mass is 9.99. The largest absolute Gasteiger partial charge is 0.472 e. The lowest BCUT2D eigenvalue weighted by molar-refractivity contribution is -0.161. The maximum atomic E-state index is 13.1. The van der Waals surface area contributed by atoms with Crippen LogP contribution in [-0.4, -0.2) is 96.7 Å². The smallest absolute Gasteiger partial charge is 0.462 e. The van der Waals surface area contributed by atoms with Gasteiger partial charge in [-0.1, -0.05) is 312 Å². The first-order valence-corrected chi connectivity index (χ1v) is 40.7. The number of phosphoric ester groups is 2. The quantitative estimate of drug-likeness (QED) is 0.0222. The van der Waals surface area contributed by atoms with Gasteiger partial charge in [0.15, 0.2) is 12.2 Å². The normalized spacial score (nSPS) is 14.5. The van der Waals surface area contributed by atoms with Gasteiger partial charge in [-0.15, -0.1) is 0 Å². The summed E-state index contributed by atoms with van der Waals surface area (Å²) < 4.78 is 68.3. The van der Waals surface area contributed by atoms with Crippen LogP contribution in [0.15, 0.2) is 0 Å². The molecule has 0 aliphatic carbocycles. The Morgan fingerprint density at radius 1 is 0.304 bits per heavy atom. The van der Waals surface area contributed by atoms with Crippen LogP contribution in [0.5, 0.6) is 0 Å². The number of ether oxygens (including phenoxy) is 4. The molecule has 0 bridgehead atoms. The van der Waals surface area contributed by atoms with Crippen molar-refractivity contribution in [3.63, 3.8) is 0 Å². The van der Waals surface area contributed by atoms with Crippen LogP contribution in [0, 0.1) is 23.7 Å². The molecule has 3 N–H and O–H groups in total. The number of carbonyl (C=O) groups excluding carboxylic acids is 4. The molecule has 0 aromatic heterocycles. The van der Waals surface area contributed by atoms with Crippen molar-refractivity contribution in [2.24, 2.45) is 23.7 Å². The summed E-state index contributed by atoms with van der Waals surface area (Å²) in [5.41, 5.74) is 0. The van der Waals surface area contributed by atoms with Crippen LogP contribution in [0.2, 0.25) is 0 Å². The Kier molecular flexibility index (Phi) is 61.3. The zero-order valence-electron chi connectivity index (χ0n) is 60.2. The minimum Gasteiger partial charge on any atom is -0.462 e. The van der Waals surface area contributed by atoms with Crippen molar-refractivity contribution in [3.8, 4) is 0 Å². The number of esters is 4. The van der Waals surface area contributed by atoms with Crippen molar-refractivity contribution in [1.82, 2.24) is 0 Å². The second kappa shape index (κ2) is 62.6. The Morgan fingerprint density at radius 2 is 0.522 bits per heavy atom. The van der Waals surface area contributed by atoms with Gasteiger partial charge >= 0.3 is 39.5 Å². The fourth-order valence-electron chi connectivity index (χ4n) is 11.0. The van der Waals surface area contributed by atoms with Crippen LogP contribution >= 0.6 is 15.6 Å². The van der Waals surface area contributed by atoms with E-state index < -0.39 is 97.5 Å². The van der Waals surface area contributed by atoms with Crippen LogP contribution in [-0.2, 0) is 65.4 Å². The van der Waals surface area contributed by atoms with Crippen LogP contribution in [0.1, 0.15) is 364 Å². The molecule has 92 heavy (non-hydrogen) atoms. The standard InChI is InChI=1S/C73H142O17P2/c1-9-66(8)52-44-36-27-20-16-12-10-11-13-17-22-30-39-47-55-72(77)89-68(59-83-70(75)53-45-37-28-21-18-14-15-19-25-33-41-49-63(2)3)61-87-91(79,80)85-57-67(74)58-86-92(81,82)88-62-69(90-73(78)56-48-40-32-31-35-43-51-65(6)7)60-84-71(76)54-46-38-29-24-23-26-34-42-50-64(4)5/h63-69,74H,9-62H2,1-8H3,(H,79,80)(H,81,82)/t66?,67?,68-,69-/m1/s1. The van der Waals surface area contributed by atoms with E-state index >= 15 is 0 Å². The zero-order chi connectivity index (χ0) is 68.2. The van der Waals surface area contributed by atoms with Crippen LogP contribution in [0.3, 0.4) is 0 Å². The topological polar surface area (TPSA) is 237 Å². The average molecular weight is 1350 g/mol. The van der Waals surface area contributed by atoms with Gasteiger partial charge in [-0.05, 0) is 49.4 Å². The molecule has 4 unspecified atom stereocenters. The summed E-state index contributed by atoms with van der Waals surface area (Å²) in [4.78, 5) is 72.6. The Bertz CT molecular complexity index is 1820. The summed E-state index contributed by atoms with van der Waals surface area (Å²) in [6.07, 6.45) is 46.0. The lowest BCUT2D eigenvalue weighted by Crippen LogP contribution is -2.30. The van der Waals surface area contributed by atoms with Crippen molar-refractivity contribution < 1.29 is 80.2 Å². The van der Waals surface area contributed by atoms with Gasteiger partial charge < -0.3 is 33.8 Å². The number of hydrogen-bond acceptors (Lipinski definition) is 15. The van der Waals surface area contributed by atoms with Crippen molar-refractivity contribution in [1.29, 1.82) is 0 Å². The van der Waals surface area contributed by atoms with E-state index in [1.807, 2.05) is 0 Å². The molecule has 17 nitrogen and oxygen atoms in total. The third-order valence-electron chi connectivity index (χ3n) is 17.2. The highest BCUT2D eigenvalue weighted by atomic mass is 31.2. The molecule has 0 spiro atoms. The van der Waals surface area contributed by atoms with Crippen LogP contribution in [0.25, 0.3) is 0 Å². The first kappa shape index (κ1) is 90.1. The maximum Gasteiger partial charge on any atom is 0.472 e. The summed E-state index contributed by atoms with van der Waals surface area (Å²) in [5.74, 6) is 0.883. The molecule has 6 atom stereocenters. The Balaban J connectivity index is 5.23. The Hall–Kier alpha value is -1.94. The number of rotatable bonds is 70. The second-order valence-corrected chi connectivity index (χ2v) is 30.9. The van der Waals surface area contributed by atoms with E-state index in [2.05, 4.69) is 55.4 Å². The van der Waals surface area contributed by atoms with Gasteiger partial charge in [0.25, 0.3) is 0 Å². The van der Waals surface area contributed by atoms with Gasteiger partial charge in [-0.3, -0.25) is 37.3 Å². The van der Waals surface area contributed by atoms with Crippen LogP contribution in [0.4, 0.5) is 0 Å². The molecule has 0 aliphatic heterocycles. The number of carbonyl (C=O) groups is 4. The molecule has 546 valence electrons. The minimum atomic E-state index is -4.96. The summed E-state index contributed by atoms with van der Waals surface area (Å²) in [6, 6.07) is 0. The third kappa shape index (κ3) is 65.4. The van der Waals surface area contributed by atoms with Crippen molar-refractivity contribution in [2.45, 2.75) is 382 Å². The molecule has 0 amide bonds. The number of aliphatic hydroxyl groups excluding tert-OH is 1. The maximum absolute atomic E-state index is 13.1. The number of phosphoric acid groups is 2. The van der Waals surface area contributed by atoms with Gasteiger partial charge in [0.2, 0.25) is 0 Å². The van der Waals surface area contributed by atoms with E-state index in [1.165, 1.54) is 167 Å². The van der Waals surface area contributed by atoms with E-state index in [4.69, 9.17) is 37.0 Å².